The summed E-state index contributed by atoms with van der Waals surface area (Å²) >= 11 is 3.74. The van der Waals surface area contributed by atoms with Gasteiger partial charge in [-0.15, -0.1) is 11.3 Å². The van der Waals surface area contributed by atoms with E-state index < -0.39 is 0 Å². The Labute approximate surface area is 138 Å². The number of fused-ring (bicyclic) bond motifs is 1. The summed E-state index contributed by atoms with van der Waals surface area (Å²) in [6, 6.07) is 10.8. The van der Waals surface area contributed by atoms with Crippen LogP contribution in [0.15, 0.2) is 36.4 Å². The van der Waals surface area contributed by atoms with Crippen LogP contribution in [0, 0.1) is 13.7 Å². The Kier molecular flexibility index (Phi) is 3.77. The number of non-ortho nitro benzene ring substituents is 1. The molecule has 1 N–H and O–H groups in total. The van der Waals surface area contributed by atoms with Crippen LogP contribution in [-0.2, 0) is 0 Å². The summed E-state index contributed by atoms with van der Waals surface area (Å²) in [5.74, 6) is 0. The lowest BCUT2D eigenvalue weighted by atomic mass is 10.2. The standard InChI is InChI=1S/C14H10IN3O2S/c1-16-11-4-2-8(6-10(11)15)14-17-12-5-3-9(18(19)20)7-13(12)21-14/h2-7,16H,1H3. The molecule has 0 aliphatic carbocycles. The summed E-state index contributed by atoms with van der Waals surface area (Å²) in [4.78, 5) is 15.0. The Morgan fingerprint density at radius 1 is 1.29 bits per heavy atom. The van der Waals surface area contributed by atoms with E-state index in [2.05, 4.69) is 39.0 Å². The van der Waals surface area contributed by atoms with Gasteiger partial charge in [-0.1, -0.05) is 0 Å². The Hall–Kier alpha value is -1.74. The van der Waals surface area contributed by atoms with Gasteiger partial charge in [0.15, 0.2) is 0 Å². The van der Waals surface area contributed by atoms with Gasteiger partial charge in [-0.3, -0.25) is 10.1 Å². The van der Waals surface area contributed by atoms with Gasteiger partial charge in [-0.05, 0) is 46.9 Å². The van der Waals surface area contributed by atoms with Gasteiger partial charge >= 0.3 is 0 Å². The van der Waals surface area contributed by atoms with E-state index in [9.17, 15) is 10.1 Å². The topological polar surface area (TPSA) is 68.1 Å². The molecule has 1 aromatic heterocycles. The third-order valence-electron chi connectivity index (χ3n) is 3.07. The second-order valence-electron chi connectivity index (χ2n) is 4.37. The normalized spacial score (nSPS) is 10.8. The first-order chi connectivity index (χ1) is 10.1. The summed E-state index contributed by atoms with van der Waals surface area (Å²) < 4.78 is 1.93. The molecule has 0 unspecified atom stereocenters. The Bertz CT molecular complexity index is 847. The van der Waals surface area contributed by atoms with Crippen molar-refractivity contribution < 1.29 is 4.92 Å². The Morgan fingerprint density at radius 2 is 2.10 bits per heavy atom. The van der Waals surface area contributed by atoms with E-state index in [1.165, 1.54) is 17.4 Å². The zero-order valence-electron chi connectivity index (χ0n) is 11.0. The number of aromatic nitrogens is 1. The molecule has 3 rings (SSSR count). The maximum absolute atomic E-state index is 10.8. The lowest BCUT2D eigenvalue weighted by molar-refractivity contribution is -0.384. The highest BCUT2D eigenvalue weighted by molar-refractivity contribution is 14.1. The molecule has 7 heteroatoms. The Balaban J connectivity index is 2.08. The van der Waals surface area contributed by atoms with Gasteiger partial charge in [0.1, 0.15) is 5.01 Å². The number of nitrogens with one attached hydrogen (secondary N) is 1. The van der Waals surface area contributed by atoms with E-state index in [0.29, 0.717) is 0 Å². The summed E-state index contributed by atoms with van der Waals surface area (Å²) in [6.07, 6.45) is 0. The van der Waals surface area contributed by atoms with E-state index in [-0.39, 0.29) is 10.6 Å². The van der Waals surface area contributed by atoms with Crippen molar-refractivity contribution in [2.24, 2.45) is 0 Å². The van der Waals surface area contributed by atoms with Gasteiger partial charge in [0.2, 0.25) is 0 Å². The van der Waals surface area contributed by atoms with Crippen molar-refractivity contribution in [2.75, 3.05) is 12.4 Å². The summed E-state index contributed by atoms with van der Waals surface area (Å²) in [7, 11) is 1.88. The SMILES string of the molecule is CNc1ccc(-c2nc3ccc([N+](=O)[O-])cc3s2)cc1I. The minimum absolute atomic E-state index is 0.0952. The van der Waals surface area contributed by atoms with Crippen LogP contribution < -0.4 is 5.32 Å². The van der Waals surface area contributed by atoms with Crippen LogP contribution in [0.1, 0.15) is 0 Å². The second-order valence-corrected chi connectivity index (χ2v) is 6.57. The van der Waals surface area contributed by atoms with Gasteiger partial charge in [0.25, 0.3) is 5.69 Å². The fourth-order valence-corrected chi connectivity index (χ4v) is 3.78. The quantitative estimate of drug-likeness (QED) is 0.391. The molecule has 0 amide bonds. The zero-order valence-corrected chi connectivity index (χ0v) is 13.9. The maximum atomic E-state index is 10.8. The van der Waals surface area contributed by atoms with Gasteiger partial charge in [-0.2, -0.15) is 0 Å². The molecule has 0 fully saturated rings. The molecule has 0 bridgehead atoms. The first-order valence-corrected chi connectivity index (χ1v) is 8.00. The maximum Gasteiger partial charge on any atom is 0.270 e. The zero-order chi connectivity index (χ0) is 15.0. The predicted molar refractivity (Wildman–Crippen MR) is 94.0 cm³/mol. The summed E-state index contributed by atoms with van der Waals surface area (Å²) in [5.41, 5.74) is 2.96. The Morgan fingerprint density at radius 3 is 2.76 bits per heavy atom. The van der Waals surface area contributed by atoms with Crippen LogP contribution in [0.3, 0.4) is 0 Å². The van der Waals surface area contributed by atoms with Crippen LogP contribution in [0.2, 0.25) is 0 Å². The van der Waals surface area contributed by atoms with Gasteiger partial charge in [0.05, 0.1) is 15.1 Å². The molecular formula is C14H10IN3O2S. The largest absolute Gasteiger partial charge is 0.387 e. The van der Waals surface area contributed by atoms with E-state index in [1.54, 1.807) is 12.1 Å². The van der Waals surface area contributed by atoms with E-state index in [1.807, 2.05) is 19.2 Å². The fraction of sp³-hybridized carbons (Fsp3) is 0.0714. The highest BCUT2D eigenvalue weighted by atomic mass is 127. The number of nitrogens with zero attached hydrogens (tertiary/aromatic N) is 2. The third-order valence-corrected chi connectivity index (χ3v) is 5.03. The molecule has 0 saturated carbocycles. The molecule has 0 saturated heterocycles. The van der Waals surface area contributed by atoms with Gasteiger partial charge in [-0.25, -0.2) is 4.98 Å². The lowest BCUT2D eigenvalue weighted by Crippen LogP contribution is -1.91. The van der Waals surface area contributed by atoms with Crippen molar-refractivity contribution in [2.45, 2.75) is 0 Å². The molecule has 0 aliphatic rings. The number of halogens is 1. The number of nitro benzene ring substituents is 1. The van der Waals surface area contributed by atoms with Crippen LogP contribution in [0.4, 0.5) is 11.4 Å². The van der Waals surface area contributed by atoms with Crippen LogP contribution in [0.5, 0.6) is 0 Å². The van der Waals surface area contributed by atoms with E-state index >= 15 is 0 Å². The van der Waals surface area contributed by atoms with Gasteiger partial charge < -0.3 is 5.32 Å². The van der Waals surface area contributed by atoms with Crippen molar-refractivity contribution in [3.05, 3.63) is 50.1 Å². The average molecular weight is 411 g/mol. The summed E-state index contributed by atoms with van der Waals surface area (Å²) in [6.45, 7) is 0. The van der Waals surface area contributed by atoms with Crippen molar-refractivity contribution >= 4 is 55.5 Å². The highest BCUT2D eigenvalue weighted by Gasteiger charge is 2.12. The van der Waals surface area contributed by atoms with Crippen LogP contribution in [-0.4, -0.2) is 17.0 Å². The van der Waals surface area contributed by atoms with E-state index in [4.69, 9.17) is 0 Å². The number of anilines is 1. The number of thiazole rings is 1. The molecule has 0 radical (unpaired) electrons. The number of nitro groups is 1. The average Bonchev–Trinajstić information content (AvgIpc) is 2.89. The number of hydrogen-bond donors (Lipinski definition) is 1. The number of benzene rings is 2. The monoisotopic (exact) mass is 411 g/mol. The molecule has 1 heterocycles. The smallest absolute Gasteiger partial charge is 0.270 e. The van der Waals surface area contributed by atoms with E-state index in [0.717, 1.165) is 30.0 Å². The minimum atomic E-state index is -0.385. The molecular weight excluding hydrogens is 401 g/mol. The number of hydrogen-bond acceptors (Lipinski definition) is 5. The minimum Gasteiger partial charge on any atom is -0.387 e. The molecule has 0 spiro atoms. The molecule has 106 valence electrons. The van der Waals surface area contributed by atoms with Gasteiger partial charge in [0, 0.05) is 34.0 Å². The summed E-state index contributed by atoms with van der Waals surface area (Å²) in [5, 5.41) is 14.8. The first kappa shape index (κ1) is 14.2. The van der Waals surface area contributed by atoms with Crippen molar-refractivity contribution in [1.29, 1.82) is 0 Å². The molecule has 3 aromatic rings. The fourth-order valence-electron chi connectivity index (χ4n) is 2.00. The van der Waals surface area contributed by atoms with Crippen LogP contribution >= 0.6 is 33.9 Å². The van der Waals surface area contributed by atoms with Crippen molar-refractivity contribution in [3.8, 4) is 10.6 Å². The third kappa shape index (κ3) is 2.70. The van der Waals surface area contributed by atoms with Crippen molar-refractivity contribution in [3.63, 3.8) is 0 Å². The predicted octanol–water partition coefficient (Wildman–Crippen LogP) is 4.52. The highest BCUT2D eigenvalue weighted by Crippen LogP contribution is 2.34. The molecule has 0 aliphatic heterocycles. The van der Waals surface area contributed by atoms with Crippen molar-refractivity contribution in [1.82, 2.24) is 4.98 Å². The molecule has 5 nitrogen and oxygen atoms in total. The number of rotatable bonds is 3. The van der Waals surface area contributed by atoms with Crippen LogP contribution in [0.25, 0.3) is 20.8 Å². The second kappa shape index (κ2) is 5.57. The lowest BCUT2D eigenvalue weighted by Gasteiger charge is -2.04. The molecule has 0 atom stereocenters. The first-order valence-electron chi connectivity index (χ1n) is 6.11. The molecule has 21 heavy (non-hydrogen) atoms. The molecule has 2 aromatic carbocycles.